The highest BCUT2D eigenvalue weighted by Crippen LogP contribution is 2.29. The van der Waals surface area contributed by atoms with E-state index in [9.17, 15) is 13.2 Å². The largest absolute Gasteiger partial charge is 0.299 e. The number of thioether (sulfide) groups is 1. The lowest BCUT2D eigenvalue weighted by molar-refractivity contribution is -0.116. The number of aromatic nitrogens is 2. The zero-order valence-electron chi connectivity index (χ0n) is 15.4. The predicted molar refractivity (Wildman–Crippen MR) is 113 cm³/mol. The molecule has 1 N–H and O–H groups in total. The van der Waals surface area contributed by atoms with E-state index in [4.69, 9.17) is 11.6 Å². The van der Waals surface area contributed by atoms with Gasteiger partial charge in [-0.1, -0.05) is 47.7 Å². The Bertz CT molecular complexity index is 917. The maximum atomic E-state index is 12.7. The van der Waals surface area contributed by atoms with E-state index in [0.717, 1.165) is 27.1 Å². The Hall–Kier alpha value is -1.36. The predicted octanol–water partition coefficient (Wildman–Crippen LogP) is 3.80. The molecular formula is C16H21ClN4O3S3. The Balaban J connectivity index is 2.25. The highest BCUT2D eigenvalue weighted by atomic mass is 35.5. The summed E-state index contributed by atoms with van der Waals surface area (Å²) in [6.45, 7) is 5.34. The Kier molecular flexibility index (Phi) is 7.49. The second kappa shape index (κ2) is 9.22. The van der Waals surface area contributed by atoms with Gasteiger partial charge in [0.15, 0.2) is 4.34 Å². The van der Waals surface area contributed by atoms with Crippen LogP contribution in [0.2, 0.25) is 5.02 Å². The summed E-state index contributed by atoms with van der Waals surface area (Å²) >= 11 is 8.85. The van der Waals surface area contributed by atoms with Crippen molar-refractivity contribution in [2.75, 3.05) is 21.6 Å². The number of amides is 1. The topological polar surface area (TPSA) is 92.3 Å². The van der Waals surface area contributed by atoms with Crippen molar-refractivity contribution >= 4 is 61.4 Å². The molecule has 0 radical (unpaired) electrons. The van der Waals surface area contributed by atoms with Gasteiger partial charge in [-0.05, 0) is 38.0 Å². The molecule has 2 aromatic rings. The molecule has 0 aliphatic carbocycles. The first-order chi connectivity index (χ1) is 12.6. The molecule has 1 atom stereocenters. The molecule has 0 aliphatic heterocycles. The van der Waals surface area contributed by atoms with Gasteiger partial charge < -0.3 is 0 Å². The fraction of sp³-hybridized carbons (Fsp3) is 0.438. The maximum absolute atomic E-state index is 12.7. The van der Waals surface area contributed by atoms with Crippen LogP contribution in [-0.2, 0) is 14.8 Å². The molecule has 0 aliphatic rings. The highest BCUT2D eigenvalue weighted by Gasteiger charge is 2.31. The quantitative estimate of drug-likeness (QED) is 0.487. The number of halogens is 1. The van der Waals surface area contributed by atoms with Gasteiger partial charge in [-0.3, -0.25) is 14.4 Å². The molecule has 1 aromatic heterocycles. The average Bonchev–Trinajstić information content (AvgIpc) is 3.02. The second-order valence-corrected chi connectivity index (χ2v) is 10.5. The first-order valence-electron chi connectivity index (χ1n) is 8.16. The summed E-state index contributed by atoms with van der Waals surface area (Å²) in [5.74, 6) is 0.414. The molecule has 1 unspecified atom stereocenters. The van der Waals surface area contributed by atoms with Crippen LogP contribution in [0.3, 0.4) is 0 Å². The minimum Gasteiger partial charge on any atom is -0.299 e. The lowest BCUT2D eigenvalue weighted by Gasteiger charge is -2.29. The summed E-state index contributed by atoms with van der Waals surface area (Å²) < 4.78 is 26.6. The zero-order valence-corrected chi connectivity index (χ0v) is 18.6. The molecule has 2 rings (SSSR count). The monoisotopic (exact) mass is 448 g/mol. The third kappa shape index (κ3) is 5.81. The van der Waals surface area contributed by atoms with Gasteiger partial charge in [0.05, 0.1) is 11.9 Å². The summed E-state index contributed by atoms with van der Waals surface area (Å²) in [5.41, 5.74) is 1.06. The Morgan fingerprint density at radius 3 is 2.74 bits per heavy atom. The van der Waals surface area contributed by atoms with Crippen LogP contribution in [0.1, 0.15) is 25.8 Å². The summed E-state index contributed by atoms with van der Waals surface area (Å²) in [7, 11) is -3.72. The average molecular weight is 449 g/mol. The van der Waals surface area contributed by atoms with E-state index in [1.54, 1.807) is 30.8 Å². The van der Waals surface area contributed by atoms with E-state index < -0.39 is 22.0 Å². The van der Waals surface area contributed by atoms with Crippen LogP contribution >= 0.6 is 34.7 Å². The Labute approximate surface area is 172 Å². The number of hydrogen-bond donors (Lipinski definition) is 1. The van der Waals surface area contributed by atoms with E-state index in [0.29, 0.717) is 21.4 Å². The van der Waals surface area contributed by atoms with Gasteiger partial charge in [0.1, 0.15) is 6.04 Å². The van der Waals surface area contributed by atoms with Gasteiger partial charge in [0.25, 0.3) is 0 Å². The third-order valence-corrected chi connectivity index (χ3v) is 7.20. The van der Waals surface area contributed by atoms with E-state index in [-0.39, 0.29) is 0 Å². The summed E-state index contributed by atoms with van der Waals surface area (Å²) in [4.78, 5) is 12.7. The van der Waals surface area contributed by atoms with E-state index >= 15 is 0 Å². The number of carbonyl (C=O) groups excluding carboxylic acids is 1. The van der Waals surface area contributed by atoms with Crippen molar-refractivity contribution in [2.45, 2.75) is 37.6 Å². The highest BCUT2D eigenvalue weighted by molar-refractivity contribution is 8.01. The fourth-order valence-corrected chi connectivity index (χ4v) is 5.39. The van der Waals surface area contributed by atoms with Gasteiger partial charge in [0, 0.05) is 10.8 Å². The zero-order chi connectivity index (χ0) is 20.2. The van der Waals surface area contributed by atoms with Crippen LogP contribution in [0.5, 0.6) is 0 Å². The van der Waals surface area contributed by atoms with Crippen molar-refractivity contribution < 1.29 is 13.2 Å². The number of aryl methyl sites for hydroxylation is 1. The van der Waals surface area contributed by atoms with Crippen LogP contribution < -0.4 is 9.62 Å². The first-order valence-corrected chi connectivity index (χ1v) is 12.2. The van der Waals surface area contributed by atoms with Crippen molar-refractivity contribution in [1.29, 1.82) is 0 Å². The van der Waals surface area contributed by atoms with Crippen LogP contribution in [-0.4, -0.2) is 42.6 Å². The van der Waals surface area contributed by atoms with Gasteiger partial charge in [-0.2, -0.15) is 0 Å². The minimum atomic E-state index is -3.72. The minimum absolute atomic E-state index is 0.335. The van der Waals surface area contributed by atoms with Crippen molar-refractivity contribution in [3.05, 3.63) is 28.8 Å². The number of benzene rings is 1. The van der Waals surface area contributed by atoms with Crippen LogP contribution in [0.15, 0.2) is 22.5 Å². The fourth-order valence-electron chi connectivity index (χ4n) is 2.32. The van der Waals surface area contributed by atoms with Crippen molar-refractivity contribution in [3.63, 3.8) is 0 Å². The molecule has 11 heteroatoms. The Morgan fingerprint density at radius 1 is 1.41 bits per heavy atom. The molecule has 0 saturated carbocycles. The third-order valence-electron chi connectivity index (χ3n) is 3.56. The molecule has 0 spiro atoms. The van der Waals surface area contributed by atoms with Crippen LogP contribution in [0, 0.1) is 6.92 Å². The molecule has 27 heavy (non-hydrogen) atoms. The normalized spacial score (nSPS) is 12.6. The van der Waals surface area contributed by atoms with Gasteiger partial charge in [-0.25, -0.2) is 8.42 Å². The molecule has 1 aromatic carbocycles. The number of nitrogens with one attached hydrogen (secondary N) is 1. The lowest BCUT2D eigenvalue weighted by Crippen LogP contribution is -2.45. The first kappa shape index (κ1) is 21.9. The molecule has 0 fully saturated rings. The molecule has 0 saturated heterocycles. The summed E-state index contributed by atoms with van der Waals surface area (Å²) in [6.07, 6.45) is 2.06. The number of anilines is 2. The Morgan fingerprint density at radius 2 is 2.11 bits per heavy atom. The number of rotatable bonds is 8. The number of nitrogens with zero attached hydrogens (tertiary/aromatic N) is 3. The lowest BCUT2D eigenvalue weighted by atomic mass is 10.2. The maximum Gasteiger partial charge on any atom is 0.249 e. The van der Waals surface area contributed by atoms with E-state index in [1.165, 1.54) is 24.3 Å². The molecule has 7 nitrogen and oxygen atoms in total. The van der Waals surface area contributed by atoms with Crippen molar-refractivity contribution in [3.8, 4) is 0 Å². The second-order valence-electron chi connectivity index (χ2n) is 5.88. The van der Waals surface area contributed by atoms with Crippen molar-refractivity contribution in [2.24, 2.45) is 0 Å². The molecule has 148 valence electrons. The van der Waals surface area contributed by atoms with Crippen molar-refractivity contribution in [1.82, 2.24) is 10.2 Å². The van der Waals surface area contributed by atoms with Crippen LogP contribution in [0.25, 0.3) is 0 Å². The number of hydrogen-bond acceptors (Lipinski definition) is 7. The molecule has 1 amide bonds. The SMILES string of the molecule is CCCSc1nnc(NC(=O)C(C)N(c2cc(Cl)ccc2C)S(C)(=O)=O)s1. The molecular weight excluding hydrogens is 428 g/mol. The standard InChI is InChI=1S/C16H21ClN4O3S3/c1-5-8-25-16-20-19-15(26-16)18-14(22)11(3)21(27(4,23)24)13-9-12(17)7-6-10(13)2/h6-7,9,11H,5,8H2,1-4H3,(H,18,19,22). The molecule has 1 heterocycles. The summed E-state index contributed by atoms with van der Waals surface area (Å²) in [5, 5.41) is 11.3. The molecule has 0 bridgehead atoms. The number of carbonyl (C=O) groups is 1. The van der Waals surface area contributed by atoms with Gasteiger partial charge >= 0.3 is 0 Å². The van der Waals surface area contributed by atoms with E-state index in [2.05, 4.69) is 22.4 Å². The summed E-state index contributed by atoms with van der Waals surface area (Å²) in [6, 6.07) is 3.92. The van der Waals surface area contributed by atoms with Gasteiger partial charge in [0.2, 0.25) is 21.1 Å². The van der Waals surface area contributed by atoms with E-state index in [1.807, 2.05) is 0 Å². The smallest absolute Gasteiger partial charge is 0.249 e. The van der Waals surface area contributed by atoms with Gasteiger partial charge in [-0.15, -0.1) is 10.2 Å². The van der Waals surface area contributed by atoms with Crippen LogP contribution in [0.4, 0.5) is 10.8 Å². The number of sulfonamides is 1.